The Bertz CT molecular complexity index is 570. The molecule has 1 amide bonds. The van der Waals surface area contributed by atoms with Crippen molar-refractivity contribution in [3.05, 3.63) is 35.4 Å². The smallest absolute Gasteiger partial charge is 0.254 e. The molecule has 1 aromatic rings. The normalized spacial score (nSPS) is 25.1. The molecule has 3 atom stereocenters. The Hall–Kier alpha value is -1.79. The SMILES string of the molecule is CC1CC(C)C(C)N(C(=O)c2cccc(C#CCO)c2)C1. The van der Waals surface area contributed by atoms with Gasteiger partial charge in [-0.05, 0) is 43.4 Å². The molecule has 1 aromatic carbocycles. The highest BCUT2D eigenvalue weighted by Crippen LogP contribution is 2.28. The number of aliphatic hydroxyl groups excluding tert-OH is 1. The fraction of sp³-hybridized carbons (Fsp3) is 0.500. The van der Waals surface area contributed by atoms with Crippen LogP contribution in [0.1, 0.15) is 43.1 Å². The Morgan fingerprint density at radius 1 is 1.38 bits per heavy atom. The minimum Gasteiger partial charge on any atom is -0.384 e. The minimum atomic E-state index is -0.170. The highest BCUT2D eigenvalue weighted by Gasteiger charge is 2.32. The van der Waals surface area contributed by atoms with Crippen LogP contribution in [0.25, 0.3) is 0 Å². The summed E-state index contributed by atoms with van der Waals surface area (Å²) in [6, 6.07) is 7.60. The zero-order valence-corrected chi connectivity index (χ0v) is 13.0. The molecule has 1 aliphatic heterocycles. The van der Waals surface area contributed by atoms with E-state index in [0.29, 0.717) is 17.4 Å². The van der Waals surface area contributed by atoms with Crippen molar-refractivity contribution in [2.24, 2.45) is 11.8 Å². The molecule has 3 nitrogen and oxygen atoms in total. The molecule has 0 spiro atoms. The second-order valence-corrected chi connectivity index (χ2v) is 6.06. The van der Waals surface area contributed by atoms with E-state index < -0.39 is 0 Å². The summed E-state index contributed by atoms with van der Waals surface area (Å²) in [6.45, 7) is 7.19. The van der Waals surface area contributed by atoms with Crippen molar-refractivity contribution in [2.45, 2.75) is 33.2 Å². The molecule has 0 bridgehead atoms. The average Bonchev–Trinajstić information content (AvgIpc) is 2.48. The van der Waals surface area contributed by atoms with Crippen molar-refractivity contribution >= 4 is 5.91 Å². The van der Waals surface area contributed by atoms with Crippen LogP contribution in [0.3, 0.4) is 0 Å². The number of piperidine rings is 1. The standard InChI is InChI=1S/C18H23NO2/c1-13-10-14(2)15(3)19(12-13)18(21)17-8-4-6-16(11-17)7-5-9-20/h4,6,8,11,13-15,20H,9-10,12H2,1-3H3. The number of amides is 1. The monoisotopic (exact) mass is 285 g/mol. The first-order valence-corrected chi connectivity index (χ1v) is 7.53. The lowest BCUT2D eigenvalue weighted by atomic mass is 9.85. The summed E-state index contributed by atoms with van der Waals surface area (Å²) in [5.74, 6) is 6.60. The lowest BCUT2D eigenvalue weighted by molar-refractivity contribution is 0.0455. The summed E-state index contributed by atoms with van der Waals surface area (Å²) >= 11 is 0. The van der Waals surface area contributed by atoms with E-state index in [2.05, 4.69) is 32.6 Å². The van der Waals surface area contributed by atoms with Crippen molar-refractivity contribution in [3.63, 3.8) is 0 Å². The molecule has 1 aliphatic rings. The van der Waals surface area contributed by atoms with Gasteiger partial charge in [0.15, 0.2) is 0 Å². The van der Waals surface area contributed by atoms with E-state index in [9.17, 15) is 4.79 Å². The van der Waals surface area contributed by atoms with E-state index in [0.717, 1.165) is 12.1 Å². The van der Waals surface area contributed by atoms with Crippen molar-refractivity contribution in [3.8, 4) is 11.8 Å². The van der Waals surface area contributed by atoms with Crippen molar-refractivity contribution in [2.75, 3.05) is 13.2 Å². The fourth-order valence-corrected chi connectivity index (χ4v) is 3.02. The maximum atomic E-state index is 12.8. The van der Waals surface area contributed by atoms with Gasteiger partial charge in [-0.2, -0.15) is 0 Å². The summed E-state index contributed by atoms with van der Waals surface area (Å²) in [6.07, 6.45) is 1.17. The molecule has 0 radical (unpaired) electrons. The summed E-state index contributed by atoms with van der Waals surface area (Å²) in [7, 11) is 0. The van der Waals surface area contributed by atoms with E-state index in [-0.39, 0.29) is 18.6 Å². The number of likely N-dealkylation sites (tertiary alicyclic amines) is 1. The number of carbonyl (C=O) groups is 1. The van der Waals surface area contributed by atoms with Crippen LogP contribution in [0.2, 0.25) is 0 Å². The van der Waals surface area contributed by atoms with Gasteiger partial charge in [0.2, 0.25) is 0 Å². The van der Waals surface area contributed by atoms with Crippen molar-refractivity contribution < 1.29 is 9.90 Å². The van der Waals surface area contributed by atoms with Gasteiger partial charge in [0.05, 0.1) is 0 Å². The van der Waals surface area contributed by atoms with Crippen molar-refractivity contribution in [1.29, 1.82) is 0 Å². The molecule has 1 heterocycles. The number of nitrogens with zero attached hydrogens (tertiary/aromatic N) is 1. The Morgan fingerprint density at radius 3 is 2.86 bits per heavy atom. The molecular weight excluding hydrogens is 262 g/mol. The summed E-state index contributed by atoms with van der Waals surface area (Å²) in [5.41, 5.74) is 1.44. The third-order valence-electron chi connectivity index (χ3n) is 4.28. The summed E-state index contributed by atoms with van der Waals surface area (Å²) < 4.78 is 0. The minimum absolute atomic E-state index is 0.0774. The first-order valence-electron chi connectivity index (χ1n) is 7.53. The lowest BCUT2D eigenvalue weighted by Crippen LogP contribution is -2.48. The highest BCUT2D eigenvalue weighted by molar-refractivity contribution is 5.94. The molecule has 1 N–H and O–H groups in total. The zero-order chi connectivity index (χ0) is 15.4. The molecule has 3 heteroatoms. The van der Waals surface area contributed by atoms with Gasteiger partial charge in [0.1, 0.15) is 6.61 Å². The van der Waals surface area contributed by atoms with E-state index >= 15 is 0 Å². The van der Waals surface area contributed by atoms with Crippen LogP contribution >= 0.6 is 0 Å². The maximum Gasteiger partial charge on any atom is 0.254 e. The largest absolute Gasteiger partial charge is 0.384 e. The first-order chi connectivity index (χ1) is 10.0. The molecule has 3 unspecified atom stereocenters. The summed E-state index contributed by atoms with van der Waals surface area (Å²) in [5, 5.41) is 8.75. The molecule has 2 rings (SSSR count). The molecule has 0 aromatic heterocycles. The van der Waals surface area contributed by atoms with E-state index in [1.54, 1.807) is 0 Å². The highest BCUT2D eigenvalue weighted by atomic mass is 16.2. The van der Waals surface area contributed by atoms with Gasteiger partial charge in [0, 0.05) is 23.7 Å². The van der Waals surface area contributed by atoms with Gasteiger partial charge in [-0.1, -0.05) is 31.8 Å². The van der Waals surface area contributed by atoms with E-state index in [1.807, 2.05) is 29.2 Å². The maximum absolute atomic E-state index is 12.8. The molecule has 21 heavy (non-hydrogen) atoms. The van der Waals surface area contributed by atoms with E-state index in [4.69, 9.17) is 5.11 Å². The molecule has 0 saturated carbocycles. The van der Waals surface area contributed by atoms with Crippen LogP contribution in [-0.2, 0) is 0 Å². The molecule has 112 valence electrons. The Morgan fingerprint density at radius 2 is 2.14 bits per heavy atom. The van der Waals surface area contributed by atoms with Crippen LogP contribution in [0.4, 0.5) is 0 Å². The van der Waals surface area contributed by atoms with Crippen LogP contribution in [0, 0.1) is 23.7 Å². The number of carbonyl (C=O) groups excluding carboxylic acids is 1. The number of hydrogen-bond donors (Lipinski definition) is 1. The number of aliphatic hydroxyl groups is 1. The van der Waals surface area contributed by atoms with Gasteiger partial charge < -0.3 is 10.0 Å². The van der Waals surface area contributed by atoms with Crippen molar-refractivity contribution in [1.82, 2.24) is 4.90 Å². The van der Waals surface area contributed by atoms with Crippen LogP contribution in [-0.4, -0.2) is 35.1 Å². The quantitative estimate of drug-likeness (QED) is 0.806. The molecule has 1 saturated heterocycles. The number of hydrogen-bond acceptors (Lipinski definition) is 2. The second kappa shape index (κ2) is 6.78. The van der Waals surface area contributed by atoms with Gasteiger partial charge in [-0.25, -0.2) is 0 Å². The lowest BCUT2D eigenvalue weighted by Gasteiger charge is -2.41. The Balaban J connectivity index is 2.23. The van der Waals surface area contributed by atoms with Crippen LogP contribution in [0.5, 0.6) is 0 Å². The van der Waals surface area contributed by atoms with Crippen LogP contribution < -0.4 is 0 Å². The summed E-state index contributed by atoms with van der Waals surface area (Å²) in [4.78, 5) is 14.7. The van der Waals surface area contributed by atoms with Gasteiger partial charge in [-0.15, -0.1) is 0 Å². The Kier molecular flexibility index (Phi) is 5.03. The van der Waals surface area contributed by atoms with Crippen LogP contribution in [0.15, 0.2) is 24.3 Å². The third kappa shape index (κ3) is 3.65. The van der Waals surface area contributed by atoms with Gasteiger partial charge >= 0.3 is 0 Å². The average molecular weight is 285 g/mol. The molecular formula is C18H23NO2. The Labute approximate surface area is 127 Å². The first kappa shape index (κ1) is 15.6. The predicted molar refractivity (Wildman–Crippen MR) is 83.8 cm³/mol. The number of benzene rings is 1. The number of rotatable bonds is 1. The predicted octanol–water partition coefficient (Wildman–Crippen LogP) is 2.54. The van der Waals surface area contributed by atoms with Gasteiger partial charge in [0.25, 0.3) is 5.91 Å². The molecule has 0 aliphatic carbocycles. The molecule has 1 fully saturated rings. The third-order valence-corrected chi connectivity index (χ3v) is 4.28. The fourth-order valence-electron chi connectivity index (χ4n) is 3.02. The topological polar surface area (TPSA) is 40.5 Å². The van der Waals surface area contributed by atoms with E-state index in [1.165, 1.54) is 6.42 Å². The second-order valence-electron chi connectivity index (χ2n) is 6.06. The van der Waals surface area contributed by atoms with Gasteiger partial charge in [-0.3, -0.25) is 4.79 Å². The zero-order valence-electron chi connectivity index (χ0n) is 13.0.